The van der Waals surface area contributed by atoms with Crippen LogP contribution in [-0.2, 0) is 9.53 Å². The van der Waals surface area contributed by atoms with E-state index in [2.05, 4.69) is 15.5 Å². The molecule has 0 aromatic heterocycles. The van der Waals surface area contributed by atoms with Crippen LogP contribution >= 0.6 is 0 Å². The lowest BCUT2D eigenvalue weighted by Crippen LogP contribution is -2.53. The maximum Gasteiger partial charge on any atom is 0.407 e. The van der Waals surface area contributed by atoms with Gasteiger partial charge in [0.05, 0.1) is 6.04 Å². The molecule has 0 radical (unpaired) electrons. The molecule has 4 aliphatic carbocycles. The van der Waals surface area contributed by atoms with Crippen LogP contribution in [0.2, 0.25) is 0 Å². The lowest BCUT2D eigenvalue weighted by Gasteiger charge is -2.45. The first-order chi connectivity index (χ1) is 18.7. The number of likely N-dealkylation sites (tertiary alicyclic amines) is 1. The second kappa shape index (κ2) is 12.7. The van der Waals surface area contributed by atoms with Crippen molar-refractivity contribution >= 4 is 12.0 Å². The van der Waals surface area contributed by atoms with Crippen molar-refractivity contribution in [1.29, 1.82) is 0 Å². The van der Waals surface area contributed by atoms with Crippen LogP contribution in [0.15, 0.2) is 0 Å². The Morgan fingerprint density at radius 3 is 2.23 bits per heavy atom. The quantitative estimate of drug-likeness (QED) is 0.418. The van der Waals surface area contributed by atoms with E-state index in [4.69, 9.17) is 10.5 Å². The maximum absolute atomic E-state index is 13.9. The number of amides is 2. The van der Waals surface area contributed by atoms with Crippen molar-refractivity contribution in [3.8, 4) is 0 Å². The summed E-state index contributed by atoms with van der Waals surface area (Å²) in [5.74, 6) is 4.06. The first kappa shape index (κ1) is 29.2. The average Bonchev–Trinajstić information content (AvgIpc) is 3.26. The number of hydrogen-bond acceptors (Lipinski definition) is 5. The number of alkyl carbamates (subject to hydrolysis) is 1. The van der Waals surface area contributed by atoms with Gasteiger partial charge in [-0.25, -0.2) is 4.79 Å². The first-order valence-electron chi connectivity index (χ1n) is 16.5. The molecule has 7 nitrogen and oxygen atoms in total. The summed E-state index contributed by atoms with van der Waals surface area (Å²) in [6.07, 6.45) is 17.7. The van der Waals surface area contributed by atoms with E-state index >= 15 is 0 Å². The molecule has 0 spiro atoms. The van der Waals surface area contributed by atoms with Crippen molar-refractivity contribution in [2.75, 3.05) is 13.1 Å². The van der Waals surface area contributed by atoms with E-state index in [1.807, 2.05) is 20.8 Å². The smallest absolute Gasteiger partial charge is 0.407 e. The molecule has 0 aromatic carbocycles. The Morgan fingerprint density at radius 1 is 0.821 bits per heavy atom. The second-order valence-corrected chi connectivity index (χ2v) is 14.8. The highest BCUT2D eigenvalue weighted by Crippen LogP contribution is 2.47. The minimum Gasteiger partial charge on any atom is -0.444 e. The van der Waals surface area contributed by atoms with Gasteiger partial charge in [0.2, 0.25) is 5.91 Å². The van der Waals surface area contributed by atoms with Crippen LogP contribution in [0.3, 0.4) is 0 Å². The highest BCUT2D eigenvalue weighted by atomic mass is 16.6. The fourth-order valence-corrected chi connectivity index (χ4v) is 9.09. The largest absolute Gasteiger partial charge is 0.444 e. The minimum atomic E-state index is -0.487. The van der Waals surface area contributed by atoms with Crippen molar-refractivity contribution in [3.05, 3.63) is 0 Å². The zero-order valence-corrected chi connectivity index (χ0v) is 25.0. The minimum absolute atomic E-state index is 0.0121. The van der Waals surface area contributed by atoms with Gasteiger partial charge in [0.1, 0.15) is 5.60 Å². The van der Waals surface area contributed by atoms with Gasteiger partial charge in [0.15, 0.2) is 0 Å². The first-order valence-corrected chi connectivity index (χ1v) is 16.5. The predicted octanol–water partition coefficient (Wildman–Crippen LogP) is 5.36. The van der Waals surface area contributed by atoms with Crippen LogP contribution in [-0.4, -0.2) is 59.8 Å². The lowest BCUT2D eigenvalue weighted by molar-refractivity contribution is -0.127. The van der Waals surface area contributed by atoms with Gasteiger partial charge in [-0.2, -0.15) is 0 Å². The zero-order valence-electron chi connectivity index (χ0n) is 25.0. The molecule has 5 fully saturated rings. The Hall–Kier alpha value is -1.34. The van der Waals surface area contributed by atoms with Crippen molar-refractivity contribution < 1.29 is 14.3 Å². The molecule has 5 aliphatic rings. The van der Waals surface area contributed by atoms with Crippen LogP contribution in [0.5, 0.6) is 0 Å². The average molecular weight is 545 g/mol. The molecule has 4 saturated carbocycles. The number of ether oxygens (including phenoxy) is 1. The molecular formula is C32H56N4O3. The number of hydrogen-bond donors (Lipinski definition) is 3. The Labute approximate surface area is 237 Å². The molecular weight excluding hydrogens is 488 g/mol. The van der Waals surface area contributed by atoms with Gasteiger partial charge >= 0.3 is 6.09 Å². The topological polar surface area (TPSA) is 96.7 Å². The number of carbonyl (C=O) groups is 2. The van der Waals surface area contributed by atoms with Crippen molar-refractivity contribution in [2.24, 2.45) is 35.3 Å². The fraction of sp³-hybridized carbons (Fsp3) is 0.938. The van der Waals surface area contributed by atoms with E-state index in [0.717, 1.165) is 62.9 Å². The van der Waals surface area contributed by atoms with Crippen LogP contribution in [0.1, 0.15) is 117 Å². The van der Waals surface area contributed by atoms with Crippen molar-refractivity contribution in [3.63, 3.8) is 0 Å². The SMILES string of the molecule is CC(C)(C)OC(=O)NC1CCC(NC(=O)C2CC3CCC(CN)CC3N2CC2CCCC3CCCCC32)CC1. The summed E-state index contributed by atoms with van der Waals surface area (Å²) in [6, 6.07) is 0.869. The summed E-state index contributed by atoms with van der Waals surface area (Å²) in [4.78, 5) is 28.8. The number of carbonyl (C=O) groups excluding carboxylic acids is 2. The van der Waals surface area contributed by atoms with Gasteiger partial charge in [-0.15, -0.1) is 0 Å². The molecule has 7 atom stereocenters. The lowest BCUT2D eigenvalue weighted by atomic mass is 9.65. The molecule has 1 heterocycles. The van der Waals surface area contributed by atoms with Crippen LogP contribution < -0.4 is 16.4 Å². The Morgan fingerprint density at radius 2 is 1.51 bits per heavy atom. The molecule has 1 aliphatic heterocycles. The van der Waals surface area contributed by atoms with E-state index < -0.39 is 5.60 Å². The van der Waals surface area contributed by atoms with Gasteiger partial charge in [-0.05, 0) is 121 Å². The molecule has 5 rings (SSSR count). The van der Waals surface area contributed by atoms with Gasteiger partial charge < -0.3 is 21.1 Å². The molecule has 4 N–H and O–H groups in total. The second-order valence-electron chi connectivity index (χ2n) is 14.8. The van der Waals surface area contributed by atoms with E-state index in [9.17, 15) is 9.59 Å². The van der Waals surface area contributed by atoms with E-state index in [-0.39, 0.29) is 30.1 Å². The third kappa shape index (κ3) is 7.30. The molecule has 0 aromatic rings. The van der Waals surface area contributed by atoms with E-state index in [0.29, 0.717) is 17.9 Å². The van der Waals surface area contributed by atoms with Crippen molar-refractivity contribution in [2.45, 2.75) is 147 Å². The van der Waals surface area contributed by atoms with Gasteiger partial charge in [-0.3, -0.25) is 9.69 Å². The normalized spacial score (nSPS) is 39.3. The molecule has 222 valence electrons. The maximum atomic E-state index is 13.9. The Kier molecular flexibility index (Phi) is 9.47. The third-order valence-electron chi connectivity index (χ3n) is 11.0. The van der Waals surface area contributed by atoms with E-state index in [1.165, 1.54) is 64.2 Å². The monoisotopic (exact) mass is 544 g/mol. The summed E-state index contributed by atoms with van der Waals surface area (Å²) in [5.41, 5.74) is 5.67. The fourth-order valence-electron chi connectivity index (χ4n) is 9.09. The van der Waals surface area contributed by atoms with Crippen LogP contribution in [0.25, 0.3) is 0 Å². The number of nitrogens with zero attached hydrogens (tertiary/aromatic N) is 1. The predicted molar refractivity (Wildman–Crippen MR) is 155 cm³/mol. The van der Waals surface area contributed by atoms with Crippen molar-refractivity contribution in [1.82, 2.24) is 15.5 Å². The summed E-state index contributed by atoms with van der Waals surface area (Å²) >= 11 is 0. The summed E-state index contributed by atoms with van der Waals surface area (Å²) in [7, 11) is 0. The third-order valence-corrected chi connectivity index (χ3v) is 11.0. The molecule has 1 saturated heterocycles. The molecule has 2 amide bonds. The highest BCUT2D eigenvalue weighted by molar-refractivity contribution is 5.82. The Bertz CT molecular complexity index is 834. The molecule has 7 heteroatoms. The Balaban J connectivity index is 1.19. The van der Waals surface area contributed by atoms with Gasteiger partial charge in [0.25, 0.3) is 0 Å². The van der Waals surface area contributed by atoms with Gasteiger partial charge in [0, 0.05) is 24.7 Å². The number of nitrogens with two attached hydrogens (primary N) is 1. The molecule has 39 heavy (non-hydrogen) atoms. The summed E-state index contributed by atoms with van der Waals surface area (Å²) in [5, 5.41) is 6.51. The number of nitrogens with one attached hydrogen (secondary N) is 2. The highest BCUT2D eigenvalue weighted by Gasteiger charge is 2.48. The number of rotatable bonds is 6. The summed E-state index contributed by atoms with van der Waals surface area (Å²) < 4.78 is 5.44. The zero-order chi connectivity index (χ0) is 27.6. The van der Waals surface area contributed by atoms with Crippen LogP contribution in [0.4, 0.5) is 4.79 Å². The van der Waals surface area contributed by atoms with E-state index in [1.54, 1.807) is 0 Å². The summed E-state index contributed by atoms with van der Waals surface area (Å²) in [6.45, 7) is 7.56. The van der Waals surface area contributed by atoms with Crippen LogP contribution in [0, 0.1) is 29.6 Å². The number of fused-ring (bicyclic) bond motifs is 2. The standard InChI is InChI=1S/C32H56N4O3/c1-32(2,3)39-31(38)35-26-15-13-25(14-16-26)34-30(37)29-18-23-12-11-21(19-33)17-28(23)36(29)20-24-9-6-8-22-7-4-5-10-27(22)24/h21-29H,4-20,33H2,1-3H3,(H,34,37)(H,35,38). The molecule has 7 unspecified atom stereocenters. The molecule has 0 bridgehead atoms. The van der Waals surface area contributed by atoms with Gasteiger partial charge in [-0.1, -0.05) is 32.1 Å².